The molecule has 64 valence electrons. The predicted molar refractivity (Wildman–Crippen MR) is 54.9 cm³/mol. The zero-order chi connectivity index (χ0) is 9.30. The van der Waals surface area contributed by atoms with Gasteiger partial charge < -0.3 is 4.79 Å². The summed E-state index contributed by atoms with van der Waals surface area (Å²) in [4.78, 5) is 11.3. The summed E-state index contributed by atoms with van der Waals surface area (Å²) in [5, 5.41) is 0.296. The largest absolute Gasteiger partial charge is 0.301 e. The van der Waals surface area contributed by atoms with Crippen molar-refractivity contribution in [3.05, 3.63) is 34.4 Å². The van der Waals surface area contributed by atoms with Gasteiger partial charge in [0.15, 0.2) is 0 Å². The van der Waals surface area contributed by atoms with Crippen LogP contribution in [0.3, 0.4) is 0 Å². The molecular weight excluding hydrogens is 164 g/mol. The monoisotopic (exact) mass is 178 g/mol. The van der Waals surface area contributed by atoms with Crippen LogP contribution in [0.4, 0.5) is 0 Å². The van der Waals surface area contributed by atoms with Crippen LogP contribution in [0.1, 0.15) is 27.0 Å². The van der Waals surface area contributed by atoms with E-state index in [1.54, 1.807) is 0 Å². The Balaban J connectivity index is 3.38. The van der Waals surface area contributed by atoms with Gasteiger partial charge in [-0.3, -0.25) is 0 Å². The zero-order valence-corrected chi connectivity index (χ0v) is 10.1. The van der Waals surface area contributed by atoms with E-state index in [1.165, 1.54) is 5.56 Å². The quantitative estimate of drug-likeness (QED) is 0.589. The van der Waals surface area contributed by atoms with E-state index in [9.17, 15) is 4.79 Å². The summed E-state index contributed by atoms with van der Waals surface area (Å²) in [5.41, 5.74) is 4.41. The Labute approximate surface area is 76.2 Å². The molecule has 0 N–H and O–H groups in total. The van der Waals surface area contributed by atoms with Crippen molar-refractivity contribution in [1.82, 2.24) is 0 Å². The third kappa shape index (κ3) is 1.64. The number of carbonyl (C=O) groups is 1. The molecule has 0 aliphatic rings. The number of carbonyl (C=O) groups excluding carboxylic acids is 1. The van der Waals surface area contributed by atoms with Gasteiger partial charge in [-0.15, -0.1) is 0 Å². The topological polar surface area (TPSA) is 17.1 Å². The molecule has 0 aromatic heterocycles. The predicted octanol–water partition coefficient (Wildman–Crippen LogP) is 1.12. The lowest BCUT2D eigenvalue weighted by Gasteiger charge is -2.07. The molecule has 0 saturated carbocycles. The molecule has 0 bridgehead atoms. The second kappa shape index (κ2) is 3.23. The average Bonchev–Trinajstić information content (AvgIpc) is 1.82. The van der Waals surface area contributed by atoms with Gasteiger partial charge in [0.2, 0.25) is 0 Å². The molecule has 1 aromatic carbocycles. The minimum atomic E-state index is 0.296. The Morgan fingerprint density at radius 1 is 1.17 bits per heavy atom. The lowest BCUT2D eigenvalue weighted by Crippen LogP contribution is -2.03. The molecule has 0 spiro atoms. The van der Waals surface area contributed by atoms with Gasteiger partial charge in [-0.05, 0) is 31.9 Å². The van der Waals surface area contributed by atoms with Gasteiger partial charge in [0, 0.05) is 5.56 Å². The maximum Gasteiger partial charge on any atom is 0.129 e. The van der Waals surface area contributed by atoms with E-state index in [4.69, 9.17) is 0 Å². The molecule has 1 rings (SSSR count). The van der Waals surface area contributed by atoms with Gasteiger partial charge in [-0.1, -0.05) is 17.7 Å². The van der Waals surface area contributed by atoms with E-state index < -0.39 is 0 Å². The van der Waals surface area contributed by atoms with E-state index in [1.807, 2.05) is 13.8 Å². The summed E-state index contributed by atoms with van der Waals surface area (Å²) in [6.45, 7) is 6.07. The first-order valence-corrected chi connectivity index (χ1v) is 5.11. The maximum absolute atomic E-state index is 11.3. The fraction of sp³-hybridized carbons (Fsp3) is 0.300. The van der Waals surface area contributed by atoms with Crippen molar-refractivity contribution in [2.45, 2.75) is 20.8 Å². The van der Waals surface area contributed by atoms with Crippen molar-refractivity contribution < 1.29 is 4.79 Å². The number of hydrogen-bond acceptors (Lipinski definition) is 1. The van der Waals surface area contributed by atoms with Crippen LogP contribution in [0, 0.1) is 20.8 Å². The van der Waals surface area contributed by atoms with Crippen molar-refractivity contribution in [2.24, 2.45) is 0 Å². The number of rotatable bonds is 1. The molecule has 0 atom stereocenters. The number of benzene rings is 1. The summed E-state index contributed by atoms with van der Waals surface area (Å²) in [7, 11) is 0.613. The highest BCUT2D eigenvalue weighted by Gasteiger charge is 2.06. The van der Waals surface area contributed by atoms with Crippen LogP contribution >= 0.6 is 0 Å². The average molecular weight is 178 g/mol. The molecule has 0 heterocycles. The third-order valence-corrected chi connectivity index (χ3v) is 2.53. The number of aryl methyl sites for hydroxylation is 3. The van der Waals surface area contributed by atoms with Gasteiger partial charge in [0.1, 0.15) is 5.41 Å². The van der Waals surface area contributed by atoms with Crippen LogP contribution in [0.15, 0.2) is 12.1 Å². The summed E-state index contributed by atoms with van der Waals surface area (Å²) in [6.07, 6.45) is 0. The van der Waals surface area contributed by atoms with Gasteiger partial charge in [-0.25, -0.2) is 0 Å². The van der Waals surface area contributed by atoms with E-state index in [-0.39, 0.29) is 0 Å². The Bertz CT molecular complexity index is 306. The molecule has 0 amide bonds. The molecule has 1 nitrogen and oxygen atoms in total. The fourth-order valence-corrected chi connectivity index (χ4v) is 2.52. The van der Waals surface area contributed by atoms with Gasteiger partial charge in [0.05, 0.1) is 10.2 Å². The Morgan fingerprint density at radius 3 is 1.92 bits per heavy atom. The van der Waals surface area contributed by atoms with E-state index in [0.717, 1.165) is 16.7 Å². The van der Waals surface area contributed by atoms with Crippen molar-refractivity contribution in [3.8, 4) is 0 Å². The zero-order valence-electron chi connectivity index (χ0n) is 8.06. The first-order valence-electron chi connectivity index (χ1n) is 4.11. The van der Waals surface area contributed by atoms with Crippen molar-refractivity contribution in [2.75, 3.05) is 0 Å². The van der Waals surface area contributed by atoms with E-state index in [0.29, 0.717) is 15.6 Å². The standard InChI is InChI=1S/C10H14OSi/c1-6-4-7(2)9(10(11)12)8(3)5-6/h4-5H,1-3,12H3. The molecule has 0 aliphatic heterocycles. The van der Waals surface area contributed by atoms with Crippen LogP contribution in [-0.4, -0.2) is 15.6 Å². The smallest absolute Gasteiger partial charge is 0.129 e. The summed E-state index contributed by atoms with van der Waals surface area (Å²) < 4.78 is 0. The third-order valence-electron chi connectivity index (χ3n) is 2.03. The van der Waals surface area contributed by atoms with Crippen LogP contribution in [0.2, 0.25) is 0 Å². The van der Waals surface area contributed by atoms with Crippen molar-refractivity contribution in [1.29, 1.82) is 0 Å². The molecular formula is C10H14OSi. The minimum absolute atomic E-state index is 0.296. The molecule has 12 heavy (non-hydrogen) atoms. The SMILES string of the molecule is Cc1cc(C)c(C(=O)[SiH3])c(C)c1. The Morgan fingerprint density at radius 2 is 1.58 bits per heavy atom. The van der Waals surface area contributed by atoms with Gasteiger partial charge in [0.25, 0.3) is 0 Å². The molecule has 2 heteroatoms. The maximum atomic E-state index is 11.3. The highest BCUT2D eigenvalue weighted by Crippen LogP contribution is 2.15. The molecule has 0 radical (unpaired) electrons. The van der Waals surface area contributed by atoms with Crippen molar-refractivity contribution >= 4 is 15.6 Å². The van der Waals surface area contributed by atoms with Crippen molar-refractivity contribution in [3.63, 3.8) is 0 Å². The molecule has 1 aromatic rings. The fourth-order valence-electron chi connectivity index (χ4n) is 1.74. The second-order valence-corrected chi connectivity index (χ2v) is 4.24. The minimum Gasteiger partial charge on any atom is -0.301 e. The molecule has 0 aliphatic carbocycles. The van der Waals surface area contributed by atoms with E-state index >= 15 is 0 Å². The summed E-state index contributed by atoms with van der Waals surface area (Å²) in [6, 6.07) is 4.14. The summed E-state index contributed by atoms with van der Waals surface area (Å²) in [5.74, 6) is 0. The van der Waals surface area contributed by atoms with E-state index in [2.05, 4.69) is 19.1 Å². The molecule has 0 fully saturated rings. The summed E-state index contributed by atoms with van der Waals surface area (Å²) >= 11 is 0. The lowest BCUT2D eigenvalue weighted by atomic mass is 10.0. The molecule has 0 saturated heterocycles. The van der Waals surface area contributed by atoms with Crippen LogP contribution in [0.5, 0.6) is 0 Å². The first kappa shape index (κ1) is 9.20. The number of hydrogen-bond donors (Lipinski definition) is 0. The first-order chi connectivity index (χ1) is 5.52. The molecule has 0 unspecified atom stereocenters. The van der Waals surface area contributed by atoms with Gasteiger partial charge >= 0.3 is 0 Å². The van der Waals surface area contributed by atoms with Crippen LogP contribution < -0.4 is 0 Å². The second-order valence-electron chi connectivity index (χ2n) is 3.33. The normalized spacial score (nSPS) is 10.2. The lowest BCUT2D eigenvalue weighted by molar-refractivity contribution is 0.107. The van der Waals surface area contributed by atoms with Gasteiger partial charge in [-0.2, -0.15) is 0 Å². The Hall–Kier alpha value is -0.893. The van der Waals surface area contributed by atoms with Crippen LogP contribution in [-0.2, 0) is 0 Å². The van der Waals surface area contributed by atoms with Crippen LogP contribution in [0.25, 0.3) is 0 Å². The Kier molecular flexibility index (Phi) is 2.48. The highest BCUT2D eigenvalue weighted by molar-refractivity contribution is 6.62. The highest BCUT2D eigenvalue weighted by atomic mass is 28.1.